The fourth-order valence-corrected chi connectivity index (χ4v) is 2.07. The number of nitrogens with one attached hydrogen (secondary N) is 2. The van der Waals surface area contributed by atoms with Crippen molar-refractivity contribution in [1.82, 2.24) is 5.32 Å². The fraction of sp³-hybridized carbons (Fsp3) is 0.417. The molecule has 1 fully saturated rings. The summed E-state index contributed by atoms with van der Waals surface area (Å²) in [5.74, 6) is -0.427. The number of nitrogens with zero attached hydrogens (tertiary/aromatic N) is 1. The Hall–Kier alpha value is -2.02. The molecule has 6 nitrogen and oxygen atoms in total. The van der Waals surface area contributed by atoms with Gasteiger partial charge in [-0.15, -0.1) is 0 Å². The molecule has 0 radical (unpaired) electrons. The number of hydrogen-bond donors (Lipinski definition) is 2. The lowest BCUT2D eigenvalue weighted by Gasteiger charge is -2.29. The minimum atomic E-state index is -0.793. The molecule has 1 heterocycles. The van der Waals surface area contributed by atoms with Crippen LogP contribution in [0.4, 0.5) is 10.1 Å². The molecule has 1 atom stereocenters. The Balaban J connectivity index is 2.41. The lowest BCUT2D eigenvalue weighted by molar-refractivity contribution is -0.385. The monoisotopic (exact) mass is 267 g/mol. The van der Waals surface area contributed by atoms with Crippen molar-refractivity contribution in [3.05, 3.63) is 39.7 Å². The second-order valence-corrected chi connectivity index (χ2v) is 4.63. The molecule has 1 aromatic rings. The average molecular weight is 267 g/mol. The van der Waals surface area contributed by atoms with Crippen LogP contribution in [-0.2, 0) is 10.3 Å². The lowest BCUT2D eigenvalue weighted by atomic mass is 9.88. The van der Waals surface area contributed by atoms with Crippen molar-refractivity contribution in [2.75, 3.05) is 13.2 Å². The second kappa shape index (κ2) is 4.93. The molecule has 0 aromatic heterocycles. The minimum absolute atomic E-state index is 0.0783. The molecular formula is C12H14FN3O3. The van der Waals surface area contributed by atoms with Crippen LogP contribution in [0.3, 0.4) is 0 Å². The third-order valence-electron chi connectivity index (χ3n) is 3.27. The molecule has 2 N–H and O–H groups in total. The first kappa shape index (κ1) is 13.4. The zero-order chi connectivity index (χ0) is 14.0. The molecule has 0 bridgehead atoms. The van der Waals surface area contributed by atoms with Gasteiger partial charge in [0, 0.05) is 29.7 Å². The highest BCUT2D eigenvalue weighted by Gasteiger charge is 2.33. The van der Waals surface area contributed by atoms with Gasteiger partial charge in [0.25, 0.3) is 5.69 Å². The van der Waals surface area contributed by atoms with E-state index < -0.39 is 16.3 Å². The molecule has 2 rings (SSSR count). The smallest absolute Gasteiger partial charge is 0.269 e. The number of rotatable bonds is 2. The standard InChI is InChI=1S/C12H14FN3O3/c1-12(4-5-19-11(14)7-15-12)9-6-8(16(17)18)2-3-10(9)13/h2-3,6,14-15H,4-5,7H2,1H3. The third kappa shape index (κ3) is 2.70. The summed E-state index contributed by atoms with van der Waals surface area (Å²) in [4.78, 5) is 10.2. The van der Waals surface area contributed by atoms with Gasteiger partial charge in [-0.05, 0) is 13.0 Å². The van der Waals surface area contributed by atoms with E-state index in [0.29, 0.717) is 6.42 Å². The summed E-state index contributed by atoms with van der Waals surface area (Å²) in [7, 11) is 0. The Bertz CT molecular complexity index is 535. The van der Waals surface area contributed by atoms with Crippen LogP contribution >= 0.6 is 0 Å². The van der Waals surface area contributed by atoms with Crippen molar-refractivity contribution in [2.24, 2.45) is 0 Å². The van der Waals surface area contributed by atoms with Crippen LogP contribution in [0.15, 0.2) is 18.2 Å². The molecule has 7 heteroatoms. The van der Waals surface area contributed by atoms with Crippen LogP contribution in [0.2, 0.25) is 0 Å². The molecule has 0 aliphatic carbocycles. The number of halogens is 1. The quantitative estimate of drug-likeness (QED) is 0.633. The maximum absolute atomic E-state index is 13.9. The van der Waals surface area contributed by atoms with Crippen LogP contribution in [0.5, 0.6) is 0 Å². The van der Waals surface area contributed by atoms with E-state index in [1.54, 1.807) is 6.92 Å². The Morgan fingerprint density at radius 1 is 1.58 bits per heavy atom. The van der Waals surface area contributed by atoms with Crippen LogP contribution in [-0.4, -0.2) is 24.0 Å². The van der Waals surface area contributed by atoms with Gasteiger partial charge in [-0.3, -0.25) is 20.8 Å². The molecular weight excluding hydrogens is 253 g/mol. The Labute approximate surface area is 109 Å². The largest absolute Gasteiger partial charge is 0.480 e. The number of benzene rings is 1. The van der Waals surface area contributed by atoms with Crippen LogP contribution in [0.25, 0.3) is 0 Å². The van der Waals surface area contributed by atoms with E-state index in [2.05, 4.69) is 5.32 Å². The third-order valence-corrected chi connectivity index (χ3v) is 3.27. The molecule has 1 aliphatic rings. The van der Waals surface area contributed by atoms with Gasteiger partial charge in [0.2, 0.25) is 0 Å². The van der Waals surface area contributed by atoms with Crippen molar-refractivity contribution in [2.45, 2.75) is 18.9 Å². The van der Waals surface area contributed by atoms with Crippen molar-refractivity contribution in [1.29, 1.82) is 5.41 Å². The van der Waals surface area contributed by atoms with Crippen LogP contribution in [0, 0.1) is 21.3 Å². The van der Waals surface area contributed by atoms with Gasteiger partial charge in [0.15, 0.2) is 5.90 Å². The normalized spacial score (nSPS) is 23.6. The molecule has 102 valence electrons. The lowest BCUT2D eigenvalue weighted by Crippen LogP contribution is -2.41. The van der Waals surface area contributed by atoms with Gasteiger partial charge in [0.05, 0.1) is 18.1 Å². The van der Waals surface area contributed by atoms with Crippen molar-refractivity contribution in [3.63, 3.8) is 0 Å². The van der Waals surface area contributed by atoms with Crippen molar-refractivity contribution < 1.29 is 14.1 Å². The minimum Gasteiger partial charge on any atom is -0.480 e. The maximum Gasteiger partial charge on any atom is 0.269 e. The fourth-order valence-electron chi connectivity index (χ4n) is 2.07. The first-order chi connectivity index (χ1) is 8.92. The number of ether oxygens (including phenoxy) is 1. The van der Waals surface area contributed by atoms with Gasteiger partial charge < -0.3 is 4.74 Å². The van der Waals surface area contributed by atoms with E-state index in [4.69, 9.17) is 10.1 Å². The Kier molecular flexibility index (Phi) is 3.48. The predicted molar refractivity (Wildman–Crippen MR) is 66.7 cm³/mol. The van der Waals surface area contributed by atoms with Crippen molar-refractivity contribution >= 4 is 11.6 Å². The highest BCUT2D eigenvalue weighted by atomic mass is 19.1. The first-order valence-electron chi connectivity index (χ1n) is 5.82. The van der Waals surface area contributed by atoms with Gasteiger partial charge in [-0.25, -0.2) is 4.39 Å². The molecule has 1 aromatic carbocycles. The summed E-state index contributed by atoms with van der Waals surface area (Å²) in [6, 6.07) is 3.46. The highest BCUT2D eigenvalue weighted by Crippen LogP contribution is 2.31. The van der Waals surface area contributed by atoms with Gasteiger partial charge in [0.1, 0.15) is 5.82 Å². The molecule has 1 aliphatic heterocycles. The van der Waals surface area contributed by atoms with Gasteiger partial charge in [-0.2, -0.15) is 0 Å². The Morgan fingerprint density at radius 2 is 2.32 bits per heavy atom. The summed E-state index contributed by atoms with van der Waals surface area (Å²) >= 11 is 0. The van der Waals surface area contributed by atoms with E-state index in [0.717, 1.165) is 12.1 Å². The summed E-state index contributed by atoms with van der Waals surface area (Å²) < 4.78 is 19.0. The zero-order valence-corrected chi connectivity index (χ0v) is 10.4. The number of hydrogen-bond acceptors (Lipinski definition) is 5. The van der Waals surface area contributed by atoms with E-state index in [1.165, 1.54) is 6.07 Å². The van der Waals surface area contributed by atoms with Crippen molar-refractivity contribution in [3.8, 4) is 0 Å². The summed E-state index contributed by atoms with van der Waals surface area (Å²) in [5.41, 5.74) is -0.724. The Morgan fingerprint density at radius 3 is 3.00 bits per heavy atom. The molecule has 0 saturated carbocycles. The number of nitro groups is 1. The van der Waals surface area contributed by atoms with E-state index in [-0.39, 0.29) is 30.3 Å². The predicted octanol–water partition coefficient (Wildman–Crippen LogP) is 1.94. The summed E-state index contributed by atoms with van der Waals surface area (Å²) in [6.07, 6.45) is 0.424. The topological polar surface area (TPSA) is 88.2 Å². The van der Waals surface area contributed by atoms with Crippen LogP contribution < -0.4 is 5.32 Å². The first-order valence-corrected chi connectivity index (χ1v) is 5.82. The van der Waals surface area contributed by atoms with Gasteiger partial charge in [-0.1, -0.05) is 0 Å². The molecule has 19 heavy (non-hydrogen) atoms. The molecule has 0 amide bonds. The second-order valence-electron chi connectivity index (χ2n) is 4.63. The number of nitro benzene ring substituents is 1. The van der Waals surface area contributed by atoms with Gasteiger partial charge >= 0.3 is 0 Å². The number of non-ortho nitro benzene ring substituents is 1. The summed E-state index contributed by atoms with van der Waals surface area (Å²) in [6.45, 7) is 2.18. The summed E-state index contributed by atoms with van der Waals surface area (Å²) in [5, 5.41) is 21.2. The highest BCUT2D eigenvalue weighted by molar-refractivity contribution is 5.75. The van der Waals surface area contributed by atoms with E-state index in [1.807, 2.05) is 0 Å². The van der Waals surface area contributed by atoms with E-state index in [9.17, 15) is 14.5 Å². The molecule has 1 unspecified atom stereocenters. The van der Waals surface area contributed by atoms with Crippen LogP contribution in [0.1, 0.15) is 18.9 Å². The SMILES string of the molecule is CC1(c2cc([N+](=O)[O-])ccc2F)CCOC(=N)CN1. The zero-order valence-electron chi connectivity index (χ0n) is 10.4. The molecule has 1 saturated heterocycles. The molecule has 0 spiro atoms. The average Bonchev–Trinajstić information content (AvgIpc) is 2.52. The maximum atomic E-state index is 13.9. The van der Waals surface area contributed by atoms with E-state index >= 15 is 0 Å².